The van der Waals surface area contributed by atoms with E-state index in [1.54, 1.807) is 0 Å². The maximum absolute atomic E-state index is 13.2. The minimum Gasteiger partial charge on any atom is -0.480 e. The summed E-state index contributed by atoms with van der Waals surface area (Å²) in [7, 11) is 0. The topological polar surface area (TPSA) is 110 Å². The van der Waals surface area contributed by atoms with E-state index in [-0.39, 0.29) is 5.56 Å². The number of benzene rings is 1. The lowest BCUT2D eigenvalue weighted by Gasteiger charge is -2.10. The molecule has 0 aliphatic heterocycles. The van der Waals surface area contributed by atoms with E-state index >= 15 is 0 Å². The minimum absolute atomic E-state index is 0.0156. The number of nitro groups is 1. The van der Waals surface area contributed by atoms with Crippen molar-refractivity contribution in [3.8, 4) is 0 Å². The smallest absolute Gasteiger partial charge is 0.325 e. The third kappa shape index (κ3) is 3.24. The Balaban J connectivity index is 3.22. The van der Waals surface area contributed by atoms with Gasteiger partial charge in [-0.3, -0.25) is 19.7 Å². The maximum Gasteiger partial charge on any atom is 0.325 e. The average molecular weight is 270 g/mol. The number of hydrogen-bond donors (Lipinski definition) is 2. The number of carbonyl (C=O) groups is 2. The van der Waals surface area contributed by atoms with Gasteiger partial charge in [0.2, 0.25) is 0 Å². The number of carboxylic acids is 1. The van der Waals surface area contributed by atoms with Crippen LogP contribution in [-0.4, -0.2) is 27.9 Å². The van der Waals surface area contributed by atoms with Crippen LogP contribution in [0.4, 0.5) is 10.1 Å². The number of nitro benzene ring substituents is 1. The van der Waals surface area contributed by atoms with E-state index in [9.17, 15) is 24.1 Å². The Hall–Kier alpha value is -2.51. The Morgan fingerprint density at radius 3 is 2.53 bits per heavy atom. The standard InChI is InChI=1S/C11H11FN2O5/c1-5-3-7(12)4-8(9(5)14(18)19)10(15)13-6(2)11(16)17/h3-4,6H,1-2H3,(H,13,15)(H,16,17)/t6-/m0/s1. The number of rotatable bonds is 4. The second-order valence-corrected chi connectivity index (χ2v) is 3.91. The number of nitrogens with zero attached hydrogens (tertiary/aromatic N) is 1. The molecule has 8 heteroatoms. The number of nitrogens with one attached hydrogen (secondary N) is 1. The zero-order valence-electron chi connectivity index (χ0n) is 10.1. The first-order valence-corrected chi connectivity index (χ1v) is 5.22. The Kier molecular flexibility index (Phi) is 4.15. The van der Waals surface area contributed by atoms with Gasteiger partial charge in [-0.05, 0) is 26.0 Å². The van der Waals surface area contributed by atoms with E-state index in [0.29, 0.717) is 6.07 Å². The molecule has 0 unspecified atom stereocenters. The molecule has 1 rings (SSSR count). The third-order valence-corrected chi connectivity index (χ3v) is 2.41. The van der Waals surface area contributed by atoms with Gasteiger partial charge in [0.25, 0.3) is 11.6 Å². The lowest BCUT2D eigenvalue weighted by molar-refractivity contribution is -0.385. The summed E-state index contributed by atoms with van der Waals surface area (Å²) in [6.45, 7) is 2.48. The van der Waals surface area contributed by atoms with E-state index in [4.69, 9.17) is 5.11 Å². The number of aryl methyl sites for hydroxylation is 1. The van der Waals surface area contributed by atoms with Crippen LogP contribution in [0.3, 0.4) is 0 Å². The summed E-state index contributed by atoms with van der Waals surface area (Å²) in [4.78, 5) is 32.4. The number of aliphatic carboxylic acids is 1. The van der Waals surface area contributed by atoms with Crippen molar-refractivity contribution in [3.05, 3.63) is 39.2 Å². The second-order valence-electron chi connectivity index (χ2n) is 3.91. The fourth-order valence-corrected chi connectivity index (χ4v) is 1.49. The van der Waals surface area contributed by atoms with Crippen LogP contribution in [0.2, 0.25) is 0 Å². The van der Waals surface area contributed by atoms with Crippen LogP contribution in [0.25, 0.3) is 0 Å². The number of amides is 1. The van der Waals surface area contributed by atoms with Gasteiger partial charge in [-0.1, -0.05) is 0 Å². The quantitative estimate of drug-likeness (QED) is 0.632. The normalized spacial score (nSPS) is 11.7. The van der Waals surface area contributed by atoms with Crippen LogP contribution in [0, 0.1) is 22.9 Å². The zero-order chi connectivity index (χ0) is 14.7. The van der Waals surface area contributed by atoms with Gasteiger partial charge in [0.15, 0.2) is 0 Å². The second kappa shape index (κ2) is 5.42. The van der Waals surface area contributed by atoms with Crippen molar-refractivity contribution in [2.75, 3.05) is 0 Å². The molecule has 0 radical (unpaired) electrons. The molecule has 19 heavy (non-hydrogen) atoms. The highest BCUT2D eigenvalue weighted by molar-refractivity contribution is 6.00. The molecule has 1 atom stereocenters. The predicted octanol–water partition coefficient (Wildman–Crippen LogP) is 1.25. The summed E-state index contributed by atoms with van der Waals surface area (Å²) in [6, 6.07) is 0.389. The van der Waals surface area contributed by atoms with Gasteiger partial charge in [0, 0.05) is 5.56 Å². The van der Waals surface area contributed by atoms with Crippen molar-refractivity contribution < 1.29 is 24.0 Å². The largest absolute Gasteiger partial charge is 0.480 e. The molecule has 102 valence electrons. The van der Waals surface area contributed by atoms with Crippen molar-refractivity contribution in [2.45, 2.75) is 19.9 Å². The molecule has 1 aromatic rings. The zero-order valence-corrected chi connectivity index (χ0v) is 10.1. The molecule has 0 aliphatic rings. The molecule has 0 saturated carbocycles. The van der Waals surface area contributed by atoms with Crippen molar-refractivity contribution >= 4 is 17.6 Å². The highest BCUT2D eigenvalue weighted by Crippen LogP contribution is 2.24. The lowest BCUT2D eigenvalue weighted by Crippen LogP contribution is -2.38. The summed E-state index contributed by atoms with van der Waals surface area (Å²) < 4.78 is 13.2. The van der Waals surface area contributed by atoms with Crippen LogP contribution in [0.1, 0.15) is 22.8 Å². The first-order chi connectivity index (χ1) is 8.73. The van der Waals surface area contributed by atoms with E-state index in [1.165, 1.54) is 13.8 Å². The highest BCUT2D eigenvalue weighted by atomic mass is 19.1. The van der Waals surface area contributed by atoms with Crippen LogP contribution < -0.4 is 5.32 Å². The number of carbonyl (C=O) groups excluding carboxylic acids is 1. The van der Waals surface area contributed by atoms with Gasteiger partial charge in [-0.25, -0.2) is 4.39 Å². The fraction of sp³-hybridized carbons (Fsp3) is 0.273. The summed E-state index contributed by atoms with van der Waals surface area (Å²) >= 11 is 0. The number of carboxylic acid groups (broad SMARTS) is 1. The van der Waals surface area contributed by atoms with Crippen LogP contribution in [0.5, 0.6) is 0 Å². The van der Waals surface area contributed by atoms with Crippen molar-refractivity contribution in [3.63, 3.8) is 0 Å². The molecule has 0 spiro atoms. The molecule has 0 aliphatic carbocycles. The van der Waals surface area contributed by atoms with Gasteiger partial charge in [-0.2, -0.15) is 0 Å². The summed E-state index contributed by atoms with van der Waals surface area (Å²) in [5.41, 5.74) is -1.06. The number of halogens is 1. The van der Waals surface area contributed by atoms with Crippen LogP contribution in [-0.2, 0) is 4.79 Å². The highest BCUT2D eigenvalue weighted by Gasteiger charge is 2.26. The van der Waals surface area contributed by atoms with Gasteiger partial charge in [-0.15, -0.1) is 0 Å². The molecular formula is C11H11FN2O5. The van der Waals surface area contributed by atoms with Gasteiger partial charge in [0.1, 0.15) is 17.4 Å². The first-order valence-electron chi connectivity index (χ1n) is 5.22. The Morgan fingerprint density at radius 2 is 2.05 bits per heavy atom. The Bertz CT molecular complexity index is 558. The third-order valence-electron chi connectivity index (χ3n) is 2.41. The molecule has 1 aromatic carbocycles. The molecule has 0 bridgehead atoms. The summed E-state index contributed by atoms with van der Waals surface area (Å²) in [5.74, 6) is -3.12. The first kappa shape index (κ1) is 14.6. The summed E-state index contributed by atoms with van der Waals surface area (Å²) in [5, 5.41) is 21.5. The Labute approximate surface area is 107 Å². The minimum atomic E-state index is -1.30. The monoisotopic (exact) mass is 270 g/mol. The molecule has 0 heterocycles. The molecule has 1 amide bonds. The Morgan fingerprint density at radius 1 is 1.47 bits per heavy atom. The average Bonchev–Trinajstić information content (AvgIpc) is 2.26. The molecule has 2 N–H and O–H groups in total. The molecular weight excluding hydrogens is 259 g/mol. The SMILES string of the molecule is Cc1cc(F)cc(C(=O)N[C@@H](C)C(=O)O)c1[N+](=O)[O-]. The van der Waals surface area contributed by atoms with E-state index in [1.807, 2.05) is 5.32 Å². The van der Waals surface area contributed by atoms with Crippen molar-refractivity contribution in [2.24, 2.45) is 0 Å². The molecule has 0 fully saturated rings. The van der Waals surface area contributed by atoms with Gasteiger partial charge < -0.3 is 10.4 Å². The van der Waals surface area contributed by atoms with E-state index in [2.05, 4.69) is 0 Å². The van der Waals surface area contributed by atoms with Gasteiger partial charge >= 0.3 is 5.97 Å². The predicted molar refractivity (Wildman–Crippen MR) is 62.4 cm³/mol. The maximum atomic E-state index is 13.2. The lowest BCUT2D eigenvalue weighted by atomic mass is 10.1. The summed E-state index contributed by atoms with van der Waals surface area (Å²) in [6.07, 6.45) is 0. The molecule has 0 aromatic heterocycles. The fourth-order valence-electron chi connectivity index (χ4n) is 1.49. The van der Waals surface area contributed by atoms with Crippen molar-refractivity contribution in [1.29, 1.82) is 0 Å². The van der Waals surface area contributed by atoms with Crippen LogP contribution in [0.15, 0.2) is 12.1 Å². The van der Waals surface area contributed by atoms with E-state index in [0.717, 1.165) is 6.07 Å². The van der Waals surface area contributed by atoms with E-state index < -0.39 is 39.9 Å². The van der Waals surface area contributed by atoms with Gasteiger partial charge in [0.05, 0.1) is 4.92 Å². The van der Waals surface area contributed by atoms with Crippen LogP contribution >= 0.6 is 0 Å². The molecule has 7 nitrogen and oxygen atoms in total. The van der Waals surface area contributed by atoms with Crippen molar-refractivity contribution in [1.82, 2.24) is 5.32 Å². The molecule has 0 saturated heterocycles. The number of hydrogen-bond acceptors (Lipinski definition) is 4.